The molecule has 0 saturated heterocycles. The molecule has 0 radical (unpaired) electrons. The van der Waals surface area contributed by atoms with Crippen LogP contribution in [-0.2, 0) is 16.4 Å². The molecular weight excluding hydrogens is 553 g/mol. The Kier molecular flexibility index (Phi) is 10.9. The third kappa shape index (κ3) is 9.00. The summed E-state index contributed by atoms with van der Waals surface area (Å²) in [7, 11) is 0.0885. The summed E-state index contributed by atoms with van der Waals surface area (Å²) in [5, 5.41) is 3.46. The lowest BCUT2D eigenvalue weighted by atomic mass is 9.91. The standard InChI is InChI=1S/C27H35F3N6O2S.C2H6.2H2/c1-5-17-15-23(18-6-11-22(21(28)14-18)35-39(37,38)13-12-27(2,29)30)33-24-16-31-26(34-25(17)24)32-19-7-9-20(10-8-19)36(3)4;1-2;;/h6,11,14-16,19-20,35H,5,7-10,12-13H2,1-4H3,(H,31,32,34);1-2H3;2*1H. The van der Waals surface area contributed by atoms with Crippen LogP contribution in [0, 0.1) is 5.82 Å². The number of aromatic nitrogens is 3. The number of nitrogens with zero attached hydrogens (tertiary/aromatic N) is 4. The van der Waals surface area contributed by atoms with Crippen molar-refractivity contribution < 1.29 is 24.4 Å². The smallest absolute Gasteiger partial charge is 0.246 e. The first-order chi connectivity index (χ1) is 19.3. The Labute approximate surface area is 244 Å². The number of sulfonamides is 1. The van der Waals surface area contributed by atoms with E-state index in [1.165, 1.54) is 18.2 Å². The van der Waals surface area contributed by atoms with Crippen molar-refractivity contribution in [2.75, 3.05) is 29.9 Å². The number of hydrogen-bond acceptors (Lipinski definition) is 7. The highest BCUT2D eigenvalue weighted by molar-refractivity contribution is 7.92. The minimum Gasteiger partial charge on any atom is -0.351 e. The van der Waals surface area contributed by atoms with Crippen LogP contribution in [0.3, 0.4) is 0 Å². The topological polar surface area (TPSA) is 100 Å². The van der Waals surface area contributed by atoms with Crippen LogP contribution in [0.1, 0.15) is 68.2 Å². The Morgan fingerprint density at radius 3 is 2.37 bits per heavy atom. The molecule has 0 spiro atoms. The number of nitrogens with one attached hydrogen (secondary N) is 2. The molecule has 1 aliphatic carbocycles. The summed E-state index contributed by atoms with van der Waals surface area (Å²) in [4.78, 5) is 16.1. The van der Waals surface area contributed by atoms with Crippen LogP contribution in [0.4, 0.5) is 24.8 Å². The van der Waals surface area contributed by atoms with E-state index in [2.05, 4.69) is 39.0 Å². The van der Waals surface area contributed by atoms with Gasteiger partial charge in [-0.3, -0.25) is 4.72 Å². The number of aryl methyl sites for hydroxylation is 1. The van der Waals surface area contributed by atoms with E-state index in [4.69, 9.17) is 4.98 Å². The van der Waals surface area contributed by atoms with Crippen molar-refractivity contribution in [2.45, 2.75) is 84.2 Å². The molecule has 2 heterocycles. The number of pyridine rings is 1. The predicted molar refractivity (Wildman–Crippen MR) is 164 cm³/mol. The summed E-state index contributed by atoms with van der Waals surface area (Å²) in [6.45, 7) is 6.63. The third-order valence-corrected chi connectivity index (χ3v) is 8.38. The zero-order valence-electron chi connectivity index (χ0n) is 24.6. The van der Waals surface area contributed by atoms with Crippen molar-refractivity contribution in [3.05, 3.63) is 41.8 Å². The van der Waals surface area contributed by atoms with Gasteiger partial charge in [0, 0.05) is 26.9 Å². The first kappa shape index (κ1) is 32.5. The lowest BCUT2D eigenvalue weighted by Crippen LogP contribution is -2.36. The van der Waals surface area contributed by atoms with Gasteiger partial charge in [-0.25, -0.2) is 36.5 Å². The van der Waals surface area contributed by atoms with Crippen molar-refractivity contribution in [2.24, 2.45) is 0 Å². The lowest BCUT2D eigenvalue weighted by Gasteiger charge is -2.32. The van der Waals surface area contributed by atoms with Crippen molar-refractivity contribution in [3.63, 3.8) is 0 Å². The van der Waals surface area contributed by atoms with E-state index < -0.39 is 33.9 Å². The maximum Gasteiger partial charge on any atom is 0.246 e. The van der Waals surface area contributed by atoms with E-state index in [0.29, 0.717) is 48.2 Å². The lowest BCUT2D eigenvalue weighted by molar-refractivity contribution is 0.0189. The molecule has 4 rings (SSSR count). The van der Waals surface area contributed by atoms with Gasteiger partial charge in [0.1, 0.15) is 11.3 Å². The van der Waals surface area contributed by atoms with Crippen LogP contribution in [0.5, 0.6) is 0 Å². The molecule has 0 unspecified atom stereocenters. The van der Waals surface area contributed by atoms with Gasteiger partial charge < -0.3 is 10.2 Å². The Bertz CT molecular complexity index is 1430. The van der Waals surface area contributed by atoms with Gasteiger partial charge in [0.15, 0.2) is 0 Å². The number of hydrogen-bond donors (Lipinski definition) is 2. The van der Waals surface area contributed by atoms with E-state index in [1.807, 2.05) is 26.8 Å². The highest BCUT2D eigenvalue weighted by Gasteiger charge is 2.26. The van der Waals surface area contributed by atoms with Crippen LogP contribution in [-0.4, -0.2) is 66.1 Å². The van der Waals surface area contributed by atoms with E-state index in [-0.39, 0.29) is 8.54 Å². The van der Waals surface area contributed by atoms with Crippen LogP contribution >= 0.6 is 0 Å². The number of rotatable bonds is 10. The molecule has 1 saturated carbocycles. The molecule has 41 heavy (non-hydrogen) atoms. The second-order valence-corrected chi connectivity index (χ2v) is 12.3. The Hall–Kier alpha value is -2.99. The molecule has 1 fully saturated rings. The molecule has 0 bridgehead atoms. The monoisotopic (exact) mass is 598 g/mol. The van der Waals surface area contributed by atoms with Gasteiger partial charge in [-0.1, -0.05) is 26.8 Å². The third-order valence-electron chi connectivity index (χ3n) is 7.11. The van der Waals surface area contributed by atoms with Crippen LogP contribution < -0.4 is 10.0 Å². The van der Waals surface area contributed by atoms with Crippen LogP contribution in [0.2, 0.25) is 0 Å². The molecule has 0 atom stereocenters. The molecule has 0 aliphatic heterocycles. The Morgan fingerprint density at radius 1 is 1.10 bits per heavy atom. The summed E-state index contributed by atoms with van der Waals surface area (Å²) < 4.78 is 67.3. The SMILES string of the molecule is CC.CCc1cc(-c2ccc(NS(=O)(=O)CCC(C)(F)F)c(F)c2)nc2cnc(NC3CCC(N(C)C)CC3)nc12.[HH].[HH]. The quantitative estimate of drug-likeness (QED) is 0.260. The molecule has 1 aromatic carbocycles. The first-order valence-electron chi connectivity index (χ1n) is 14.1. The van der Waals surface area contributed by atoms with Gasteiger partial charge >= 0.3 is 0 Å². The van der Waals surface area contributed by atoms with E-state index in [0.717, 1.165) is 36.8 Å². The molecule has 230 valence electrons. The summed E-state index contributed by atoms with van der Waals surface area (Å²) in [6.07, 6.45) is 5.79. The second kappa shape index (κ2) is 13.8. The number of anilines is 2. The second-order valence-electron chi connectivity index (χ2n) is 10.5. The number of halogens is 3. The minimum absolute atomic E-state index is 0. The first-order valence-corrected chi connectivity index (χ1v) is 15.8. The zero-order chi connectivity index (χ0) is 30.4. The summed E-state index contributed by atoms with van der Waals surface area (Å²) in [5.74, 6) is -4.23. The Morgan fingerprint density at radius 2 is 1.78 bits per heavy atom. The van der Waals surface area contributed by atoms with Gasteiger partial charge in [0.2, 0.25) is 21.9 Å². The van der Waals surface area contributed by atoms with E-state index in [1.54, 1.807) is 6.20 Å². The zero-order valence-corrected chi connectivity index (χ0v) is 25.5. The largest absolute Gasteiger partial charge is 0.351 e. The molecule has 3 aromatic rings. The normalized spacial score (nSPS) is 17.7. The van der Waals surface area contributed by atoms with Crippen molar-refractivity contribution in [3.8, 4) is 11.3 Å². The molecule has 8 nitrogen and oxygen atoms in total. The average molecular weight is 599 g/mol. The Balaban J connectivity index is 0.00000226. The highest BCUT2D eigenvalue weighted by atomic mass is 32.2. The van der Waals surface area contributed by atoms with Gasteiger partial charge in [0.25, 0.3) is 0 Å². The maximum atomic E-state index is 14.8. The van der Waals surface area contributed by atoms with E-state index in [9.17, 15) is 21.6 Å². The van der Waals surface area contributed by atoms with E-state index >= 15 is 0 Å². The van der Waals surface area contributed by atoms with Gasteiger partial charge in [-0.05, 0) is 76.9 Å². The fourth-order valence-electron chi connectivity index (χ4n) is 4.78. The molecular formula is C29H45F3N6O2S. The molecule has 0 amide bonds. The molecule has 1 aliphatic rings. The maximum absolute atomic E-state index is 14.8. The van der Waals surface area contributed by atoms with Crippen molar-refractivity contribution in [1.82, 2.24) is 19.9 Å². The number of benzene rings is 1. The van der Waals surface area contributed by atoms with Gasteiger partial charge in [0.05, 0.1) is 28.8 Å². The predicted octanol–water partition coefficient (Wildman–Crippen LogP) is 6.98. The van der Waals surface area contributed by atoms with Crippen LogP contribution in [0.15, 0.2) is 30.5 Å². The minimum atomic E-state index is -4.14. The molecule has 2 aromatic heterocycles. The van der Waals surface area contributed by atoms with Gasteiger partial charge in [-0.15, -0.1) is 0 Å². The van der Waals surface area contributed by atoms with Crippen molar-refractivity contribution in [1.29, 1.82) is 0 Å². The molecule has 2 N–H and O–H groups in total. The number of alkyl halides is 2. The average Bonchev–Trinajstić information content (AvgIpc) is 2.93. The van der Waals surface area contributed by atoms with Gasteiger partial charge in [-0.2, -0.15) is 0 Å². The van der Waals surface area contributed by atoms with Crippen LogP contribution in [0.25, 0.3) is 22.3 Å². The number of fused-ring (bicyclic) bond motifs is 1. The van der Waals surface area contributed by atoms with Crippen molar-refractivity contribution >= 4 is 32.7 Å². The summed E-state index contributed by atoms with van der Waals surface area (Å²) in [5.41, 5.74) is 2.82. The fraction of sp³-hybridized carbons (Fsp3) is 0.552. The highest BCUT2D eigenvalue weighted by Crippen LogP contribution is 2.29. The molecule has 12 heteroatoms. The summed E-state index contributed by atoms with van der Waals surface area (Å²) in [6, 6.07) is 6.71. The summed E-state index contributed by atoms with van der Waals surface area (Å²) >= 11 is 0. The fourth-order valence-corrected chi connectivity index (χ4v) is 6.01.